The zero-order valence-electron chi connectivity index (χ0n) is 5.95. The molecule has 0 rings (SSSR count). The van der Waals surface area contributed by atoms with Crippen molar-refractivity contribution in [3.05, 3.63) is 0 Å². The number of halogens is 1. The van der Waals surface area contributed by atoms with E-state index in [0.717, 1.165) is 11.5 Å². The summed E-state index contributed by atoms with van der Waals surface area (Å²) in [7, 11) is -0.248. The van der Waals surface area contributed by atoms with Crippen molar-refractivity contribution in [1.82, 2.24) is 0 Å². The summed E-state index contributed by atoms with van der Waals surface area (Å²) in [6, 6.07) is 0. The molecule has 2 atom stereocenters. The molecule has 0 aliphatic rings. The molecular weight excluding hydrogens is 136 g/mol. The average molecular weight is 151 g/mol. The van der Waals surface area contributed by atoms with Crippen molar-refractivity contribution >= 4 is 19.9 Å². The fraction of sp³-hybridized carbons (Fsp3) is 1.00. The Morgan fingerprint density at radius 1 is 1.50 bits per heavy atom. The summed E-state index contributed by atoms with van der Waals surface area (Å²) in [5, 5.41) is 0. The summed E-state index contributed by atoms with van der Waals surface area (Å²) in [5.74, 6) is 0.846. The van der Waals surface area contributed by atoms with Crippen LogP contribution in [0.25, 0.3) is 0 Å². The molecule has 0 radical (unpaired) electrons. The molecule has 0 aliphatic carbocycles. The Morgan fingerprint density at radius 3 is 2.12 bits per heavy atom. The average Bonchev–Trinajstić information content (AvgIpc) is 1.84. The second-order valence-electron chi connectivity index (χ2n) is 2.52. The van der Waals surface area contributed by atoms with E-state index in [2.05, 4.69) is 20.8 Å². The van der Waals surface area contributed by atoms with Crippen LogP contribution in [0, 0.1) is 5.92 Å². The maximum Gasteiger partial charge on any atom is 0.128 e. The van der Waals surface area contributed by atoms with Crippen LogP contribution in [0.4, 0.5) is 0 Å². The highest BCUT2D eigenvalue weighted by molar-refractivity contribution is 6.94. The van der Waals surface area contributed by atoms with Crippen molar-refractivity contribution in [3.8, 4) is 0 Å². The Hall–Kier alpha value is 0.507. The standard InChI is InChI=1S/C6H15ClSi/c1-4-5(2)6(3)8-7/h5-6H,4,8H2,1-3H3. The van der Waals surface area contributed by atoms with Crippen molar-refractivity contribution in [1.29, 1.82) is 0 Å². The Kier molecular flexibility index (Phi) is 4.67. The van der Waals surface area contributed by atoms with Crippen molar-refractivity contribution < 1.29 is 0 Å². The van der Waals surface area contributed by atoms with E-state index in [0.29, 0.717) is 0 Å². The summed E-state index contributed by atoms with van der Waals surface area (Å²) in [6.45, 7) is 6.76. The van der Waals surface area contributed by atoms with Gasteiger partial charge in [-0.1, -0.05) is 27.2 Å². The molecule has 0 fully saturated rings. The van der Waals surface area contributed by atoms with Crippen molar-refractivity contribution in [2.45, 2.75) is 32.7 Å². The molecule has 0 heterocycles. The summed E-state index contributed by atoms with van der Waals surface area (Å²) in [4.78, 5) is 0. The highest BCUT2D eigenvalue weighted by atomic mass is 35.6. The second-order valence-corrected chi connectivity index (χ2v) is 5.04. The monoisotopic (exact) mass is 150 g/mol. The molecule has 8 heavy (non-hydrogen) atoms. The molecule has 0 saturated carbocycles. The van der Waals surface area contributed by atoms with Gasteiger partial charge in [0.2, 0.25) is 0 Å². The normalized spacial score (nSPS) is 19.5. The molecule has 0 aromatic carbocycles. The Labute approximate surface area is 59.1 Å². The van der Waals surface area contributed by atoms with Crippen LogP contribution < -0.4 is 0 Å². The highest BCUT2D eigenvalue weighted by Gasteiger charge is 2.07. The fourth-order valence-corrected chi connectivity index (χ4v) is 2.10. The maximum absolute atomic E-state index is 5.76. The fourth-order valence-electron chi connectivity index (χ4n) is 0.554. The predicted octanol–water partition coefficient (Wildman–Crippen LogP) is 2.16. The lowest BCUT2D eigenvalue weighted by atomic mass is 10.1. The minimum Gasteiger partial charge on any atom is -0.176 e. The third-order valence-electron chi connectivity index (χ3n) is 1.86. The number of hydrogen-bond acceptors (Lipinski definition) is 0. The summed E-state index contributed by atoms with van der Waals surface area (Å²) >= 11 is 5.76. The van der Waals surface area contributed by atoms with Gasteiger partial charge in [-0.15, -0.1) is 0 Å². The van der Waals surface area contributed by atoms with Crippen LogP contribution >= 0.6 is 11.1 Å². The molecule has 2 heteroatoms. The quantitative estimate of drug-likeness (QED) is 0.428. The first kappa shape index (κ1) is 8.51. The van der Waals surface area contributed by atoms with Gasteiger partial charge in [0.15, 0.2) is 0 Å². The summed E-state index contributed by atoms with van der Waals surface area (Å²) in [6.07, 6.45) is 1.28. The largest absolute Gasteiger partial charge is 0.176 e. The van der Waals surface area contributed by atoms with Gasteiger partial charge in [-0.25, -0.2) is 0 Å². The summed E-state index contributed by atoms with van der Waals surface area (Å²) in [5.41, 5.74) is 0.821. The van der Waals surface area contributed by atoms with Crippen molar-refractivity contribution in [3.63, 3.8) is 0 Å². The van der Waals surface area contributed by atoms with E-state index in [1.165, 1.54) is 6.42 Å². The van der Waals surface area contributed by atoms with Gasteiger partial charge in [0.05, 0.1) is 0 Å². The predicted molar refractivity (Wildman–Crippen MR) is 43.3 cm³/mol. The van der Waals surface area contributed by atoms with E-state index < -0.39 is 0 Å². The molecule has 0 N–H and O–H groups in total. The third-order valence-corrected chi connectivity index (χ3v) is 4.61. The van der Waals surface area contributed by atoms with E-state index in [9.17, 15) is 0 Å². The Balaban J connectivity index is 3.29. The Morgan fingerprint density at radius 2 is 2.00 bits per heavy atom. The maximum atomic E-state index is 5.76. The van der Waals surface area contributed by atoms with Gasteiger partial charge in [0.25, 0.3) is 0 Å². The highest BCUT2D eigenvalue weighted by Crippen LogP contribution is 2.19. The second kappa shape index (κ2) is 4.39. The summed E-state index contributed by atoms with van der Waals surface area (Å²) < 4.78 is 0. The van der Waals surface area contributed by atoms with Crippen LogP contribution in [0.3, 0.4) is 0 Å². The van der Waals surface area contributed by atoms with Crippen LogP contribution in [0.1, 0.15) is 27.2 Å². The van der Waals surface area contributed by atoms with Gasteiger partial charge in [-0.05, 0) is 11.5 Å². The molecule has 0 saturated heterocycles. The van der Waals surface area contributed by atoms with Crippen molar-refractivity contribution in [2.24, 2.45) is 5.92 Å². The third kappa shape index (κ3) is 2.73. The van der Waals surface area contributed by atoms with Crippen LogP contribution in [0.5, 0.6) is 0 Å². The smallest absolute Gasteiger partial charge is 0.128 e. The molecule has 0 aliphatic heterocycles. The lowest BCUT2D eigenvalue weighted by Crippen LogP contribution is -2.03. The SMILES string of the molecule is CCC(C)C(C)[SiH2]Cl. The van der Waals surface area contributed by atoms with E-state index in [1.54, 1.807) is 0 Å². The van der Waals surface area contributed by atoms with Gasteiger partial charge in [-0.2, -0.15) is 11.1 Å². The first-order valence-corrected chi connectivity index (χ1v) is 6.23. The minimum atomic E-state index is -0.248. The van der Waals surface area contributed by atoms with E-state index in [1.807, 2.05) is 0 Å². The Bertz CT molecular complexity index is 48.5. The molecule has 0 nitrogen and oxygen atoms in total. The molecule has 0 spiro atoms. The lowest BCUT2D eigenvalue weighted by molar-refractivity contribution is 0.542. The van der Waals surface area contributed by atoms with Gasteiger partial charge < -0.3 is 0 Å². The van der Waals surface area contributed by atoms with Crippen LogP contribution in [0.2, 0.25) is 5.54 Å². The number of rotatable bonds is 3. The number of hydrogen-bond donors (Lipinski definition) is 0. The first-order valence-electron chi connectivity index (χ1n) is 3.28. The van der Waals surface area contributed by atoms with Gasteiger partial charge >= 0.3 is 0 Å². The molecule has 0 aromatic heterocycles. The van der Waals surface area contributed by atoms with Crippen LogP contribution in [-0.2, 0) is 0 Å². The lowest BCUT2D eigenvalue weighted by Gasteiger charge is -2.13. The molecule has 0 aromatic rings. The van der Waals surface area contributed by atoms with Gasteiger partial charge in [0.1, 0.15) is 8.83 Å². The van der Waals surface area contributed by atoms with Crippen molar-refractivity contribution in [2.75, 3.05) is 0 Å². The molecule has 50 valence electrons. The van der Waals surface area contributed by atoms with Crippen LogP contribution in [0.15, 0.2) is 0 Å². The van der Waals surface area contributed by atoms with E-state index in [-0.39, 0.29) is 8.83 Å². The van der Waals surface area contributed by atoms with E-state index >= 15 is 0 Å². The molecule has 0 bridgehead atoms. The molecule has 0 amide bonds. The topological polar surface area (TPSA) is 0 Å². The van der Waals surface area contributed by atoms with Crippen LogP contribution in [-0.4, -0.2) is 8.83 Å². The van der Waals surface area contributed by atoms with Gasteiger partial charge in [0, 0.05) is 0 Å². The molecular formula is C6H15ClSi. The minimum absolute atomic E-state index is 0.248. The van der Waals surface area contributed by atoms with Gasteiger partial charge in [-0.3, -0.25) is 0 Å². The first-order chi connectivity index (χ1) is 3.72. The zero-order chi connectivity index (χ0) is 6.57. The molecule has 2 unspecified atom stereocenters. The zero-order valence-corrected chi connectivity index (χ0v) is 8.12. The van der Waals surface area contributed by atoms with E-state index in [4.69, 9.17) is 11.1 Å².